The molecule has 0 aliphatic carbocycles. The van der Waals surface area contributed by atoms with Crippen molar-refractivity contribution in [2.45, 2.75) is 0 Å². The van der Waals surface area contributed by atoms with Crippen molar-refractivity contribution in [1.82, 2.24) is 30.7 Å². The molecule has 0 saturated heterocycles. The summed E-state index contributed by atoms with van der Waals surface area (Å²) in [6.07, 6.45) is 1.44. The summed E-state index contributed by atoms with van der Waals surface area (Å²) in [5.74, 6) is -0.408. The van der Waals surface area contributed by atoms with Crippen molar-refractivity contribution in [3.8, 4) is 16.4 Å². The number of hydrogen-bond acceptors (Lipinski definition) is 9. The molecule has 3 aromatic heterocycles. The molecule has 3 N–H and O–H groups in total. The van der Waals surface area contributed by atoms with Crippen LogP contribution in [0.4, 0.5) is 5.82 Å². The van der Waals surface area contributed by atoms with Gasteiger partial charge < -0.3 is 5.73 Å². The molecule has 0 aliphatic rings. The molecule has 0 radical (unpaired) electrons. The summed E-state index contributed by atoms with van der Waals surface area (Å²) < 4.78 is 5.92. The average Bonchev–Trinajstić information content (AvgIpc) is 3.42. The topological polar surface area (TPSA) is 137 Å². The minimum atomic E-state index is -0.562. The number of hydrazone groups is 1. The smallest absolute Gasteiger partial charge is 0.294 e. The van der Waals surface area contributed by atoms with Crippen LogP contribution in [0.1, 0.15) is 16.1 Å². The highest BCUT2D eigenvalue weighted by atomic mass is 35.5. The lowest BCUT2D eigenvalue weighted by molar-refractivity contribution is 0.0951. The number of carbonyl (C=O) groups excluding carboxylic acids is 1. The molecular weight excluding hydrogens is 404 g/mol. The number of nitrogen functional groups attached to an aromatic ring is 1. The molecule has 0 aliphatic heterocycles. The SMILES string of the molecule is Nc1nonc1-n1nnc(C(=O)NN=Cc2ccccc2Cl)c1-c1cccs1. The monoisotopic (exact) mass is 414 g/mol. The zero-order valence-corrected chi connectivity index (χ0v) is 15.6. The molecule has 0 unspecified atom stereocenters. The third-order valence-corrected chi connectivity index (χ3v) is 4.83. The van der Waals surface area contributed by atoms with E-state index in [0.717, 1.165) is 4.88 Å². The van der Waals surface area contributed by atoms with Gasteiger partial charge in [0.1, 0.15) is 5.69 Å². The second kappa shape index (κ2) is 7.58. The molecule has 0 atom stereocenters. The maximum absolute atomic E-state index is 12.6. The van der Waals surface area contributed by atoms with Crippen molar-refractivity contribution >= 4 is 40.9 Å². The molecule has 0 saturated carbocycles. The number of rotatable bonds is 5. The number of carbonyl (C=O) groups is 1. The second-order valence-corrected chi connectivity index (χ2v) is 6.72. The number of aromatic nitrogens is 5. The molecule has 1 aromatic carbocycles. The lowest BCUT2D eigenvalue weighted by atomic mass is 10.2. The summed E-state index contributed by atoms with van der Waals surface area (Å²) in [5.41, 5.74) is 9.26. The highest BCUT2D eigenvalue weighted by molar-refractivity contribution is 7.13. The summed E-state index contributed by atoms with van der Waals surface area (Å²) in [5, 5.41) is 21.5. The molecule has 1 amide bonds. The van der Waals surface area contributed by atoms with Crippen LogP contribution in [-0.4, -0.2) is 37.4 Å². The highest BCUT2D eigenvalue weighted by Crippen LogP contribution is 2.29. The van der Waals surface area contributed by atoms with Crippen LogP contribution in [0, 0.1) is 0 Å². The Morgan fingerprint density at radius 1 is 1.29 bits per heavy atom. The number of nitrogens with zero attached hydrogens (tertiary/aromatic N) is 6. The molecule has 0 bridgehead atoms. The molecule has 4 rings (SSSR count). The zero-order chi connectivity index (χ0) is 19.5. The van der Waals surface area contributed by atoms with Gasteiger partial charge in [0.05, 0.1) is 11.1 Å². The van der Waals surface area contributed by atoms with Gasteiger partial charge in [-0.25, -0.2) is 10.1 Å². The van der Waals surface area contributed by atoms with E-state index < -0.39 is 5.91 Å². The maximum atomic E-state index is 12.6. The van der Waals surface area contributed by atoms with Crippen LogP contribution in [0.3, 0.4) is 0 Å². The van der Waals surface area contributed by atoms with Gasteiger partial charge in [0.2, 0.25) is 11.6 Å². The fourth-order valence-electron chi connectivity index (χ4n) is 2.35. The molecular formula is C16H11ClN8O2S. The fourth-order valence-corrected chi connectivity index (χ4v) is 3.29. The highest BCUT2D eigenvalue weighted by Gasteiger charge is 2.25. The Kier molecular flexibility index (Phi) is 4.83. The number of amides is 1. The first-order valence-electron chi connectivity index (χ1n) is 7.81. The van der Waals surface area contributed by atoms with Crippen LogP contribution in [-0.2, 0) is 0 Å². The number of hydrogen-bond donors (Lipinski definition) is 2. The fraction of sp³-hybridized carbons (Fsp3) is 0. The van der Waals surface area contributed by atoms with Crippen LogP contribution in [0.5, 0.6) is 0 Å². The average molecular weight is 415 g/mol. The standard InChI is InChI=1S/C16H11ClN8O2S/c17-10-5-2-1-4-9(10)8-19-21-16(26)12-13(11-6-3-7-28-11)25(24-20-12)15-14(18)22-27-23-15/h1-8H,(H2,18,22)(H,21,26). The van der Waals surface area contributed by atoms with Gasteiger partial charge in [-0.3, -0.25) is 4.79 Å². The zero-order valence-electron chi connectivity index (χ0n) is 14.0. The predicted molar refractivity (Wildman–Crippen MR) is 103 cm³/mol. The van der Waals surface area contributed by atoms with Crippen LogP contribution in [0.25, 0.3) is 16.4 Å². The molecule has 28 heavy (non-hydrogen) atoms. The van der Waals surface area contributed by atoms with Gasteiger partial charge in [-0.05, 0) is 27.8 Å². The number of nitrogens with two attached hydrogens (primary N) is 1. The number of halogens is 1. The van der Waals surface area contributed by atoms with Gasteiger partial charge in [0.25, 0.3) is 5.91 Å². The summed E-state index contributed by atoms with van der Waals surface area (Å²) in [7, 11) is 0. The number of anilines is 1. The maximum Gasteiger partial charge on any atom is 0.294 e. The van der Waals surface area contributed by atoms with E-state index in [1.54, 1.807) is 18.2 Å². The molecule has 10 nitrogen and oxygen atoms in total. The van der Waals surface area contributed by atoms with Gasteiger partial charge >= 0.3 is 0 Å². The predicted octanol–water partition coefficient (Wildman–Crippen LogP) is 2.38. The van der Waals surface area contributed by atoms with Crippen molar-refractivity contribution in [2.75, 3.05) is 5.73 Å². The Morgan fingerprint density at radius 2 is 2.14 bits per heavy atom. The van der Waals surface area contributed by atoms with E-state index in [9.17, 15) is 4.79 Å². The summed E-state index contributed by atoms with van der Waals surface area (Å²) >= 11 is 7.46. The third-order valence-electron chi connectivity index (χ3n) is 3.61. The van der Waals surface area contributed by atoms with Gasteiger partial charge in [-0.2, -0.15) is 9.78 Å². The Labute approximate surface area is 166 Å². The van der Waals surface area contributed by atoms with Crippen molar-refractivity contribution in [3.05, 3.63) is 58.1 Å². The molecule has 140 valence electrons. The normalized spacial score (nSPS) is 11.2. The summed E-state index contributed by atoms with van der Waals surface area (Å²) in [4.78, 5) is 13.4. The Hall–Kier alpha value is -3.57. The second-order valence-electron chi connectivity index (χ2n) is 5.37. The Bertz CT molecular complexity index is 1150. The number of thiophene rings is 1. The van der Waals surface area contributed by atoms with E-state index in [2.05, 4.69) is 35.8 Å². The van der Waals surface area contributed by atoms with E-state index in [4.69, 9.17) is 17.3 Å². The largest absolute Gasteiger partial charge is 0.378 e. The molecule has 0 fully saturated rings. The van der Waals surface area contributed by atoms with E-state index >= 15 is 0 Å². The van der Waals surface area contributed by atoms with Crippen LogP contribution in [0.2, 0.25) is 5.02 Å². The van der Waals surface area contributed by atoms with Gasteiger partial charge in [0, 0.05) is 10.6 Å². The van der Waals surface area contributed by atoms with E-state index in [0.29, 0.717) is 16.3 Å². The first-order valence-corrected chi connectivity index (χ1v) is 9.07. The lowest BCUT2D eigenvalue weighted by Crippen LogP contribution is -2.19. The van der Waals surface area contributed by atoms with Crippen molar-refractivity contribution in [2.24, 2.45) is 5.10 Å². The molecule has 12 heteroatoms. The van der Waals surface area contributed by atoms with Gasteiger partial charge in [-0.1, -0.05) is 41.1 Å². The van der Waals surface area contributed by atoms with Gasteiger partial charge in [0.15, 0.2) is 5.69 Å². The van der Waals surface area contributed by atoms with E-state index in [-0.39, 0.29) is 17.3 Å². The van der Waals surface area contributed by atoms with Crippen molar-refractivity contribution in [3.63, 3.8) is 0 Å². The molecule has 0 spiro atoms. The molecule has 3 heterocycles. The summed E-state index contributed by atoms with van der Waals surface area (Å²) in [6.45, 7) is 0. The van der Waals surface area contributed by atoms with Crippen molar-refractivity contribution in [1.29, 1.82) is 0 Å². The molecule has 4 aromatic rings. The minimum absolute atomic E-state index is 0.0198. The minimum Gasteiger partial charge on any atom is -0.378 e. The lowest BCUT2D eigenvalue weighted by Gasteiger charge is -2.03. The van der Waals surface area contributed by atoms with Crippen molar-refractivity contribution < 1.29 is 9.42 Å². The number of benzene rings is 1. The van der Waals surface area contributed by atoms with Crippen LogP contribution in [0.15, 0.2) is 51.5 Å². The first-order chi connectivity index (χ1) is 13.6. The third kappa shape index (κ3) is 3.35. The quantitative estimate of drug-likeness (QED) is 0.377. The number of nitrogens with one attached hydrogen (secondary N) is 1. The first kappa shape index (κ1) is 17.8. The Morgan fingerprint density at radius 3 is 2.86 bits per heavy atom. The Balaban J connectivity index is 1.66. The van der Waals surface area contributed by atoms with Crippen LogP contribution >= 0.6 is 22.9 Å². The van der Waals surface area contributed by atoms with Crippen LogP contribution < -0.4 is 11.2 Å². The van der Waals surface area contributed by atoms with Gasteiger partial charge in [-0.15, -0.1) is 16.4 Å². The van der Waals surface area contributed by atoms with E-state index in [1.807, 2.05) is 23.6 Å². The summed E-state index contributed by atoms with van der Waals surface area (Å²) in [6, 6.07) is 10.7. The van der Waals surface area contributed by atoms with E-state index in [1.165, 1.54) is 22.2 Å².